The van der Waals surface area contributed by atoms with E-state index >= 15 is 0 Å². The third kappa shape index (κ3) is 4.34. The number of hydrogen-bond acceptors (Lipinski definition) is 4. The van der Waals surface area contributed by atoms with Crippen LogP contribution in [0.2, 0.25) is 0 Å². The maximum absolute atomic E-state index is 11.2. The SMILES string of the molecule is CCOC(=O)CCc1cc(OC)cc(OC)c1. The molecule has 0 aliphatic carbocycles. The minimum Gasteiger partial charge on any atom is -0.497 e. The predicted molar refractivity (Wildman–Crippen MR) is 64.5 cm³/mol. The van der Waals surface area contributed by atoms with E-state index < -0.39 is 0 Å². The fourth-order valence-electron chi connectivity index (χ4n) is 1.49. The van der Waals surface area contributed by atoms with E-state index in [9.17, 15) is 4.79 Å². The second kappa shape index (κ2) is 6.78. The average Bonchev–Trinajstić information content (AvgIpc) is 2.36. The standard InChI is InChI=1S/C13H18O4/c1-4-17-13(14)6-5-10-7-11(15-2)9-12(8-10)16-3/h7-9H,4-6H2,1-3H3. The van der Waals surface area contributed by atoms with Crippen molar-refractivity contribution in [3.05, 3.63) is 23.8 Å². The highest BCUT2D eigenvalue weighted by atomic mass is 16.5. The minimum atomic E-state index is -0.186. The number of hydrogen-bond donors (Lipinski definition) is 0. The summed E-state index contributed by atoms with van der Waals surface area (Å²) in [7, 11) is 3.20. The van der Waals surface area contributed by atoms with Gasteiger partial charge < -0.3 is 14.2 Å². The molecule has 4 nitrogen and oxygen atoms in total. The first-order chi connectivity index (χ1) is 8.19. The summed E-state index contributed by atoms with van der Waals surface area (Å²) in [6.45, 7) is 2.22. The van der Waals surface area contributed by atoms with Crippen LogP contribution in [0, 0.1) is 0 Å². The molecule has 0 saturated heterocycles. The lowest BCUT2D eigenvalue weighted by Crippen LogP contribution is -2.05. The molecule has 0 fully saturated rings. The van der Waals surface area contributed by atoms with Crippen molar-refractivity contribution >= 4 is 5.97 Å². The molecule has 0 radical (unpaired) electrons. The van der Waals surface area contributed by atoms with Crippen LogP contribution >= 0.6 is 0 Å². The van der Waals surface area contributed by atoms with Crippen molar-refractivity contribution in [2.24, 2.45) is 0 Å². The summed E-state index contributed by atoms with van der Waals surface area (Å²) in [4.78, 5) is 11.2. The highest BCUT2D eigenvalue weighted by molar-refractivity contribution is 5.69. The number of benzene rings is 1. The van der Waals surface area contributed by atoms with E-state index in [2.05, 4.69) is 0 Å². The topological polar surface area (TPSA) is 44.8 Å². The first-order valence-electron chi connectivity index (χ1n) is 5.57. The van der Waals surface area contributed by atoms with Crippen molar-refractivity contribution in [1.82, 2.24) is 0 Å². The van der Waals surface area contributed by atoms with E-state index in [1.165, 1.54) is 0 Å². The lowest BCUT2D eigenvalue weighted by Gasteiger charge is -2.08. The first-order valence-corrected chi connectivity index (χ1v) is 5.57. The van der Waals surface area contributed by atoms with Crippen molar-refractivity contribution in [3.63, 3.8) is 0 Å². The van der Waals surface area contributed by atoms with Crippen molar-refractivity contribution in [1.29, 1.82) is 0 Å². The van der Waals surface area contributed by atoms with Gasteiger partial charge in [-0.15, -0.1) is 0 Å². The molecule has 0 amide bonds. The fraction of sp³-hybridized carbons (Fsp3) is 0.462. The van der Waals surface area contributed by atoms with Gasteiger partial charge in [-0.2, -0.15) is 0 Å². The van der Waals surface area contributed by atoms with Crippen molar-refractivity contribution in [3.8, 4) is 11.5 Å². The Kier molecular flexibility index (Phi) is 5.33. The zero-order valence-corrected chi connectivity index (χ0v) is 10.5. The summed E-state index contributed by atoms with van der Waals surface area (Å²) < 4.78 is 15.2. The van der Waals surface area contributed by atoms with Gasteiger partial charge in [-0.05, 0) is 31.0 Å². The molecule has 0 aliphatic heterocycles. The van der Waals surface area contributed by atoms with Gasteiger partial charge in [0.1, 0.15) is 11.5 Å². The number of rotatable bonds is 6. The van der Waals surface area contributed by atoms with Gasteiger partial charge in [-0.1, -0.05) is 0 Å². The maximum atomic E-state index is 11.2. The molecule has 94 valence electrons. The minimum absolute atomic E-state index is 0.186. The Hall–Kier alpha value is -1.71. The zero-order valence-electron chi connectivity index (χ0n) is 10.5. The van der Waals surface area contributed by atoms with E-state index in [1.807, 2.05) is 12.1 Å². The molecule has 0 aliphatic rings. The molecule has 1 rings (SSSR count). The van der Waals surface area contributed by atoms with Crippen LogP contribution < -0.4 is 9.47 Å². The Morgan fingerprint density at radius 2 is 1.71 bits per heavy atom. The Labute approximate surface area is 101 Å². The third-order valence-corrected chi connectivity index (χ3v) is 2.33. The molecule has 1 aromatic carbocycles. The molecular weight excluding hydrogens is 220 g/mol. The number of carbonyl (C=O) groups excluding carboxylic acids is 1. The van der Waals surface area contributed by atoms with Gasteiger partial charge in [0.15, 0.2) is 0 Å². The monoisotopic (exact) mass is 238 g/mol. The van der Waals surface area contributed by atoms with Gasteiger partial charge in [0.05, 0.1) is 20.8 Å². The Balaban J connectivity index is 2.66. The molecule has 0 bridgehead atoms. The summed E-state index contributed by atoms with van der Waals surface area (Å²) in [6, 6.07) is 5.58. The third-order valence-electron chi connectivity index (χ3n) is 2.33. The molecule has 0 heterocycles. The second-order valence-electron chi connectivity index (χ2n) is 3.53. The fourth-order valence-corrected chi connectivity index (χ4v) is 1.49. The van der Waals surface area contributed by atoms with Gasteiger partial charge in [0, 0.05) is 12.5 Å². The predicted octanol–water partition coefficient (Wildman–Crippen LogP) is 2.20. The van der Waals surface area contributed by atoms with E-state index in [-0.39, 0.29) is 5.97 Å². The highest BCUT2D eigenvalue weighted by Gasteiger charge is 2.06. The van der Waals surface area contributed by atoms with E-state index in [0.29, 0.717) is 19.4 Å². The number of carbonyl (C=O) groups is 1. The maximum Gasteiger partial charge on any atom is 0.306 e. The number of methoxy groups -OCH3 is 2. The number of aryl methyl sites for hydroxylation is 1. The van der Waals surface area contributed by atoms with Gasteiger partial charge in [-0.25, -0.2) is 0 Å². The van der Waals surface area contributed by atoms with Crippen LogP contribution in [-0.2, 0) is 16.0 Å². The quantitative estimate of drug-likeness (QED) is 0.713. The van der Waals surface area contributed by atoms with E-state index in [1.54, 1.807) is 27.2 Å². The Bertz CT molecular complexity index is 351. The molecule has 1 aromatic rings. The van der Waals surface area contributed by atoms with E-state index in [4.69, 9.17) is 14.2 Å². The first kappa shape index (κ1) is 13.4. The molecule has 17 heavy (non-hydrogen) atoms. The van der Waals surface area contributed by atoms with Gasteiger partial charge in [-0.3, -0.25) is 4.79 Å². The number of esters is 1. The normalized spacial score (nSPS) is 9.82. The average molecular weight is 238 g/mol. The summed E-state index contributed by atoms with van der Waals surface area (Å²) >= 11 is 0. The van der Waals surface area contributed by atoms with Crippen LogP contribution in [-0.4, -0.2) is 26.8 Å². The summed E-state index contributed by atoms with van der Waals surface area (Å²) in [5, 5.41) is 0. The van der Waals surface area contributed by atoms with Crippen LogP contribution in [0.5, 0.6) is 11.5 Å². The smallest absolute Gasteiger partial charge is 0.306 e. The molecule has 0 atom stereocenters. The molecule has 0 saturated carbocycles. The van der Waals surface area contributed by atoms with Crippen LogP contribution in [0.4, 0.5) is 0 Å². The Morgan fingerprint density at radius 3 is 2.18 bits per heavy atom. The largest absolute Gasteiger partial charge is 0.497 e. The van der Waals surface area contributed by atoms with E-state index in [0.717, 1.165) is 17.1 Å². The molecule has 0 spiro atoms. The van der Waals surface area contributed by atoms with Crippen LogP contribution in [0.15, 0.2) is 18.2 Å². The molecular formula is C13H18O4. The van der Waals surface area contributed by atoms with Gasteiger partial charge in [0.25, 0.3) is 0 Å². The Morgan fingerprint density at radius 1 is 1.12 bits per heavy atom. The number of ether oxygens (including phenoxy) is 3. The molecule has 0 N–H and O–H groups in total. The molecule has 0 aromatic heterocycles. The second-order valence-corrected chi connectivity index (χ2v) is 3.53. The van der Waals surface area contributed by atoms with Crippen LogP contribution in [0.3, 0.4) is 0 Å². The molecule has 0 unspecified atom stereocenters. The summed E-state index contributed by atoms with van der Waals surface area (Å²) in [5.74, 6) is 1.26. The summed E-state index contributed by atoms with van der Waals surface area (Å²) in [6.07, 6.45) is 0.983. The van der Waals surface area contributed by atoms with Crippen molar-refractivity contribution in [2.45, 2.75) is 19.8 Å². The van der Waals surface area contributed by atoms with Crippen molar-refractivity contribution in [2.75, 3.05) is 20.8 Å². The van der Waals surface area contributed by atoms with Crippen LogP contribution in [0.25, 0.3) is 0 Å². The molecule has 4 heteroatoms. The van der Waals surface area contributed by atoms with Crippen LogP contribution in [0.1, 0.15) is 18.9 Å². The zero-order chi connectivity index (χ0) is 12.7. The lowest BCUT2D eigenvalue weighted by molar-refractivity contribution is -0.143. The highest BCUT2D eigenvalue weighted by Crippen LogP contribution is 2.23. The van der Waals surface area contributed by atoms with Gasteiger partial charge >= 0.3 is 5.97 Å². The van der Waals surface area contributed by atoms with Gasteiger partial charge in [0.2, 0.25) is 0 Å². The van der Waals surface area contributed by atoms with Crippen molar-refractivity contribution < 1.29 is 19.0 Å². The summed E-state index contributed by atoms with van der Waals surface area (Å²) in [5.41, 5.74) is 0.995. The lowest BCUT2D eigenvalue weighted by atomic mass is 10.1.